The standard InChI is InChI=1S/C19H27N5O2S2/c1-16-21-17(15-27-16)14-22-9-11-23(12-10-22)19-6-5-18(13-20-19)28(25,26)24-7-3-2-4-8-24/h5-6,13,15H,2-4,7-12,14H2,1H3. The summed E-state index contributed by atoms with van der Waals surface area (Å²) in [7, 11) is -3.41. The number of anilines is 1. The molecule has 0 amide bonds. The van der Waals surface area contributed by atoms with Gasteiger partial charge < -0.3 is 4.90 Å². The highest BCUT2D eigenvalue weighted by Crippen LogP contribution is 2.22. The van der Waals surface area contributed by atoms with Gasteiger partial charge in [-0.3, -0.25) is 4.90 Å². The number of piperidine rings is 1. The molecule has 4 rings (SSSR count). The van der Waals surface area contributed by atoms with E-state index in [-0.39, 0.29) is 0 Å². The summed E-state index contributed by atoms with van der Waals surface area (Å²) in [6, 6.07) is 3.55. The number of sulfonamides is 1. The molecule has 28 heavy (non-hydrogen) atoms. The molecule has 2 aromatic heterocycles. The minimum atomic E-state index is -3.41. The van der Waals surface area contributed by atoms with Crippen LogP contribution < -0.4 is 4.90 Å². The maximum atomic E-state index is 12.8. The second kappa shape index (κ2) is 8.44. The van der Waals surface area contributed by atoms with Gasteiger partial charge in [-0.05, 0) is 31.9 Å². The first kappa shape index (κ1) is 19.8. The average Bonchev–Trinajstić information content (AvgIpc) is 3.14. The van der Waals surface area contributed by atoms with Crippen LogP contribution >= 0.6 is 11.3 Å². The molecule has 7 nitrogen and oxygen atoms in total. The Labute approximate surface area is 171 Å². The third-order valence-electron chi connectivity index (χ3n) is 5.42. The molecule has 0 aromatic carbocycles. The SMILES string of the molecule is Cc1nc(CN2CCN(c3ccc(S(=O)(=O)N4CCCCC4)cn3)CC2)cs1. The third-order valence-corrected chi connectivity index (χ3v) is 8.13. The Hall–Kier alpha value is -1.55. The fourth-order valence-electron chi connectivity index (χ4n) is 3.81. The number of hydrogen-bond donors (Lipinski definition) is 0. The van der Waals surface area contributed by atoms with Crippen molar-refractivity contribution in [3.63, 3.8) is 0 Å². The van der Waals surface area contributed by atoms with E-state index >= 15 is 0 Å². The highest BCUT2D eigenvalue weighted by Gasteiger charge is 2.26. The van der Waals surface area contributed by atoms with Gasteiger partial charge in [0.05, 0.1) is 10.7 Å². The largest absolute Gasteiger partial charge is 0.354 e. The Morgan fingerprint density at radius 2 is 1.79 bits per heavy atom. The van der Waals surface area contributed by atoms with Gasteiger partial charge in [-0.25, -0.2) is 18.4 Å². The van der Waals surface area contributed by atoms with Crippen LogP contribution in [0.1, 0.15) is 30.0 Å². The lowest BCUT2D eigenvalue weighted by molar-refractivity contribution is 0.247. The summed E-state index contributed by atoms with van der Waals surface area (Å²) in [5.74, 6) is 0.849. The Morgan fingerprint density at radius 1 is 1.04 bits per heavy atom. The van der Waals surface area contributed by atoms with Gasteiger partial charge in [-0.15, -0.1) is 11.3 Å². The molecule has 2 aromatic rings. The van der Waals surface area contributed by atoms with E-state index in [1.54, 1.807) is 21.7 Å². The highest BCUT2D eigenvalue weighted by molar-refractivity contribution is 7.89. The molecule has 9 heteroatoms. The van der Waals surface area contributed by atoms with Crippen LogP contribution in [0.3, 0.4) is 0 Å². The molecular formula is C19H27N5O2S2. The first-order chi connectivity index (χ1) is 13.5. The molecule has 0 unspecified atom stereocenters. The van der Waals surface area contributed by atoms with E-state index in [0.717, 1.165) is 68.5 Å². The van der Waals surface area contributed by atoms with Crippen LogP contribution in [0.25, 0.3) is 0 Å². The minimum absolute atomic E-state index is 0.302. The summed E-state index contributed by atoms with van der Waals surface area (Å²) in [6.07, 6.45) is 4.51. The van der Waals surface area contributed by atoms with Crippen LogP contribution in [-0.2, 0) is 16.6 Å². The number of thiazole rings is 1. The van der Waals surface area contributed by atoms with Crippen LogP contribution in [0.15, 0.2) is 28.6 Å². The summed E-state index contributed by atoms with van der Waals surface area (Å²) < 4.78 is 27.1. The average molecular weight is 422 g/mol. The summed E-state index contributed by atoms with van der Waals surface area (Å²) >= 11 is 1.69. The molecule has 4 heterocycles. The van der Waals surface area contributed by atoms with Gasteiger partial charge in [0.1, 0.15) is 10.7 Å². The first-order valence-electron chi connectivity index (χ1n) is 9.87. The van der Waals surface area contributed by atoms with E-state index in [4.69, 9.17) is 0 Å². The van der Waals surface area contributed by atoms with Gasteiger partial charge in [-0.1, -0.05) is 6.42 Å². The van der Waals surface area contributed by atoms with E-state index < -0.39 is 10.0 Å². The molecule has 152 valence electrons. The Kier molecular flexibility index (Phi) is 5.96. The van der Waals surface area contributed by atoms with Crippen molar-refractivity contribution in [2.75, 3.05) is 44.2 Å². The van der Waals surface area contributed by atoms with Crippen molar-refractivity contribution < 1.29 is 8.42 Å². The van der Waals surface area contributed by atoms with Crippen LogP contribution in [-0.4, -0.2) is 66.9 Å². The van der Waals surface area contributed by atoms with Gasteiger partial charge in [0.25, 0.3) is 0 Å². The van der Waals surface area contributed by atoms with E-state index in [0.29, 0.717) is 18.0 Å². The van der Waals surface area contributed by atoms with Gasteiger partial charge in [-0.2, -0.15) is 4.31 Å². The maximum absolute atomic E-state index is 12.8. The van der Waals surface area contributed by atoms with Gasteiger partial charge >= 0.3 is 0 Å². The Morgan fingerprint density at radius 3 is 2.39 bits per heavy atom. The maximum Gasteiger partial charge on any atom is 0.244 e. The molecular weight excluding hydrogens is 394 g/mol. The topological polar surface area (TPSA) is 69.6 Å². The number of nitrogens with zero attached hydrogens (tertiary/aromatic N) is 5. The molecule has 0 saturated carbocycles. The number of hydrogen-bond acceptors (Lipinski definition) is 7. The van der Waals surface area contributed by atoms with E-state index in [2.05, 4.69) is 25.1 Å². The molecule has 2 aliphatic heterocycles. The zero-order valence-corrected chi connectivity index (χ0v) is 17.9. The number of aryl methyl sites for hydroxylation is 1. The van der Waals surface area contributed by atoms with E-state index in [1.807, 2.05) is 13.0 Å². The van der Waals surface area contributed by atoms with Crippen molar-refractivity contribution in [2.45, 2.75) is 37.6 Å². The van der Waals surface area contributed by atoms with Gasteiger partial charge in [0, 0.05) is 57.4 Å². The van der Waals surface area contributed by atoms with Crippen LogP contribution in [0.5, 0.6) is 0 Å². The van der Waals surface area contributed by atoms with Gasteiger partial charge in [0.15, 0.2) is 0 Å². The molecule has 0 spiro atoms. The number of pyridine rings is 1. The van der Waals surface area contributed by atoms with E-state index in [9.17, 15) is 8.42 Å². The fraction of sp³-hybridized carbons (Fsp3) is 0.579. The first-order valence-corrected chi connectivity index (χ1v) is 12.2. The molecule has 0 bridgehead atoms. The summed E-state index contributed by atoms with van der Waals surface area (Å²) in [4.78, 5) is 13.9. The Bertz CT molecular complexity index is 883. The zero-order valence-electron chi connectivity index (χ0n) is 16.2. The molecule has 0 aliphatic carbocycles. The number of aromatic nitrogens is 2. The van der Waals surface area contributed by atoms with Crippen LogP contribution in [0, 0.1) is 6.92 Å². The molecule has 0 radical (unpaired) electrons. The molecule has 2 saturated heterocycles. The van der Waals surface area contributed by atoms with Crippen molar-refractivity contribution in [3.05, 3.63) is 34.4 Å². The summed E-state index contributed by atoms with van der Waals surface area (Å²) in [5, 5.41) is 3.24. The molecule has 2 aliphatic rings. The Balaban J connectivity index is 1.35. The molecule has 0 atom stereocenters. The van der Waals surface area contributed by atoms with Crippen molar-refractivity contribution in [3.8, 4) is 0 Å². The van der Waals surface area contributed by atoms with Crippen LogP contribution in [0.2, 0.25) is 0 Å². The summed E-state index contributed by atoms with van der Waals surface area (Å²) in [5.41, 5.74) is 1.14. The normalized spacial score (nSPS) is 19.8. The lowest BCUT2D eigenvalue weighted by Crippen LogP contribution is -2.46. The zero-order chi connectivity index (χ0) is 19.6. The molecule has 2 fully saturated rings. The number of rotatable bonds is 5. The quantitative estimate of drug-likeness (QED) is 0.738. The lowest BCUT2D eigenvalue weighted by atomic mass is 10.2. The smallest absolute Gasteiger partial charge is 0.244 e. The van der Waals surface area contributed by atoms with Crippen LogP contribution in [0.4, 0.5) is 5.82 Å². The second-order valence-corrected chi connectivity index (χ2v) is 10.4. The molecule has 0 N–H and O–H groups in total. The lowest BCUT2D eigenvalue weighted by Gasteiger charge is -2.35. The summed E-state index contributed by atoms with van der Waals surface area (Å²) in [6.45, 7) is 7.82. The second-order valence-electron chi connectivity index (χ2n) is 7.44. The predicted octanol–water partition coefficient (Wildman–Crippen LogP) is 2.34. The van der Waals surface area contributed by atoms with Crippen molar-refractivity contribution in [2.24, 2.45) is 0 Å². The fourth-order valence-corrected chi connectivity index (χ4v) is 5.88. The number of piperazine rings is 1. The van der Waals surface area contributed by atoms with Crippen molar-refractivity contribution >= 4 is 27.2 Å². The van der Waals surface area contributed by atoms with Crippen molar-refractivity contribution in [1.29, 1.82) is 0 Å². The van der Waals surface area contributed by atoms with E-state index in [1.165, 1.54) is 6.20 Å². The predicted molar refractivity (Wildman–Crippen MR) is 111 cm³/mol. The van der Waals surface area contributed by atoms with Crippen molar-refractivity contribution in [1.82, 2.24) is 19.2 Å². The monoisotopic (exact) mass is 421 g/mol. The minimum Gasteiger partial charge on any atom is -0.354 e. The van der Waals surface area contributed by atoms with Gasteiger partial charge in [0.2, 0.25) is 10.0 Å². The third kappa shape index (κ3) is 4.37. The highest BCUT2D eigenvalue weighted by atomic mass is 32.2.